The summed E-state index contributed by atoms with van der Waals surface area (Å²) in [4.78, 5) is 31.5. The summed E-state index contributed by atoms with van der Waals surface area (Å²) >= 11 is 0. The van der Waals surface area contributed by atoms with Gasteiger partial charge in [0.2, 0.25) is 10.0 Å². The third-order valence-electron chi connectivity index (χ3n) is 4.79. The van der Waals surface area contributed by atoms with Crippen molar-refractivity contribution in [2.45, 2.75) is 25.3 Å². The first-order valence-corrected chi connectivity index (χ1v) is 10.1. The van der Waals surface area contributed by atoms with Crippen LogP contribution in [0.2, 0.25) is 0 Å². The topological polar surface area (TPSA) is 128 Å². The van der Waals surface area contributed by atoms with E-state index in [0.29, 0.717) is 22.1 Å². The average molecular weight is 398 g/mol. The van der Waals surface area contributed by atoms with Crippen LogP contribution >= 0.6 is 0 Å². The van der Waals surface area contributed by atoms with Gasteiger partial charge in [0.05, 0.1) is 15.9 Å². The number of fused-ring (bicyclic) bond motifs is 2. The summed E-state index contributed by atoms with van der Waals surface area (Å²) in [6, 6.07) is 9.81. The van der Waals surface area contributed by atoms with Crippen molar-refractivity contribution in [3.8, 4) is 0 Å². The van der Waals surface area contributed by atoms with Gasteiger partial charge in [-0.2, -0.15) is 0 Å². The van der Waals surface area contributed by atoms with Crippen molar-refractivity contribution in [2.24, 2.45) is 0 Å². The molecule has 4 N–H and O–H groups in total. The number of pyridine rings is 1. The number of imidazole rings is 1. The van der Waals surface area contributed by atoms with Crippen molar-refractivity contribution >= 4 is 32.0 Å². The van der Waals surface area contributed by atoms with E-state index in [1.165, 1.54) is 18.2 Å². The molecular formula is C19H18N4O4S. The van der Waals surface area contributed by atoms with Gasteiger partial charge in [-0.05, 0) is 66.8 Å². The Labute approximate surface area is 159 Å². The Hall–Kier alpha value is -3.17. The van der Waals surface area contributed by atoms with E-state index in [1.54, 1.807) is 6.07 Å². The molecule has 0 saturated carbocycles. The number of aromatic nitrogens is 3. The Morgan fingerprint density at radius 2 is 1.57 bits per heavy atom. The number of hydrogen-bond acceptors (Lipinski definition) is 4. The first-order valence-electron chi connectivity index (χ1n) is 8.58. The van der Waals surface area contributed by atoms with Gasteiger partial charge in [-0.15, -0.1) is 0 Å². The highest BCUT2D eigenvalue weighted by atomic mass is 32.2. The van der Waals surface area contributed by atoms with Crippen molar-refractivity contribution in [1.29, 1.82) is 0 Å². The van der Waals surface area contributed by atoms with E-state index in [0.717, 1.165) is 16.5 Å². The molecule has 4 rings (SSSR count). The fourth-order valence-corrected chi connectivity index (χ4v) is 4.12. The molecule has 2 aromatic carbocycles. The molecule has 2 heterocycles. The van der Waals surface area contributed by atoms with Crippen LogP contribution in [0.4, 0.5) is 0 Å². The molecule has 9 heteroatoms. The molecule has 8 nitrogen and oxygen atoms in total. The average Bonchev–Trinajstić information content (AvgIpc) is 3.01. The van der Waals surface area contributed by atoms with Gasteiger partial charge in [-0.1, -0.05) is 0 Å². The highest BCUT2D eigenvalue weighted by Gasteiger charge is 2.16. The molecule has 28 heavy (non-hydrogen) atoms. The molecule has 0 unspecified atom stereocenters. The standard InChI is InChI=1S/C19H18N4O4S/c1-10-5-12-7-13(18(24)21-16(12)6-11(10)2)9-20-28(26,27)14-3-4-15-17(8-14)23-19(25)22-15/h3-8,20H,9H2,1-2H3,(H,21,24)(H2,22,23,25). The Kier molecular flexibility index (Phi) is 4.20. The van der Waals surface area contributed by atoms with Crippen LogP contribution in [0, 0.1) is 13.8 Å². The number of nitrogens with one attached hydrogen (secondary N) is 4. The summed E-state index contributed by atoms with van der Waals surface area (Å²) in [6.07, 6.45) is 0. The first kappa shape index (κ1) is 18.2. The summed E-state index contributed by atoms with van der Waals surface area (Å²) in [5.41, 5.74) is 3.32. The molecule has 0 radical (unpaired) electrons. The molecule has 2 aromatic heterocycles. The number of hydrogen-bond donors (Lipinski definition) is 4. The summed E-state index contributed by atoms with van der Waals surface area (Å²) in [5, 5.41) is 0.836. The monoisotopic (exact) mass is 398 g/mol. The maximum Gasteiger partial charge on any atom is 0.323 e. The zero-order valence-corrected chi connectivity index (χ0v) is 16.0. The van der Waals surface area contributed by atoms with Gasteiger partial charge in [0.1, 0.15) is 0 Å². The van der Waals surface area contributed by atoms with Crippen molar-refractivity contribution in [3.05, 3.63) is 73.9 Å². The summed E-state index contributed by atoms with van der Waals surface area (Å²) in [6.45, 7) is 3.79. The molecule has 0 aliphatic rings. The molecule has 4 aromatic rings. The molecule has 0 fully saturated rings. The van der Waals surface area contributed by atoms with Gasteiger partial charge in [-0.3, -0.25) is 4.79 Å². The van der Waals surface area contributed by atoms with Gasteiger partial charge in [0.15, 0.2) is 0 Å². The second kappa shape index (κ2) is 6.47. The van der Waals surface area contributed by atoms with Gasteiger partial charge >= 0.3 is 5.69 Å². The van der Waals surface area contributed by atoms with Crippen molar-refractivity contribution in [1.82, 2.24) is 19.7 Å². The largest absolute Gasteiger partial charge is 0.323 e. The van der Waals surface area contributed by atoms with Gasteiger partial charge in [0, 0.05) is 17.6 Å². The summed E-state index contributed by atoms with van der Waals surface area (Å²) in [5.74, 6) is 0. The van der Waals surface area contributed by atoms with E-state index in [1.807, 2.05) is 26.0 Å². The van der Waals surface area contributed by atoms with Gasteiger partial charge < -0.3 is 15.0 Å². The molecule has 0 aliphatic heterocycles. The lowest BCUT2D eigenvalue weighted by atomic mass is 10.1. The molecule has 144 valence electrons. The van der Waals surface area contributed by atoms with E-state index >= 15 is 0 Å². The van der Waals surface area contributed by atoms with E-state index in [9.17, 15) is 18.0 Å². The van der Waals surface area contributed by atoms with Gasteiger partial charge in [0.25, 0.3) is 5.56 Å². The third-order valence-corrected chi connectivity index (χ3v) is 6.18. The zero-order chi connectivity index (χ0) is 20.1. The zero-order valence-electron chi connectivity index (χ0n) is 15.2. The predicted molar refractivity (Wildman–Crippen MR) is 107 cm³/mol. The smallest absolute Gasteiger partial charge is 0.322 e. The molecular weight excluding hydrogens is 380 g/mol. The van der Waals surface area contributed by atoms with Gasteiger partial charge in [-0.25, -0.2) is 17.9 Å². The van der Waals surface area contributed by atoms with Crippen LogP contribution in [-0.4, -0.2) is 23.4 Å². The minimum absolute atomic E-state index is 0.000984. The lowest BCUT2D eigenvalue weighted by Crippen LogP contribution is -2.27. The molecule has 0 bridgehead atoms. The van der Waals surface area contributed by atoms with E-state index < -0.39 is 15.7 Å². The SMILES string of the molecule is Cc1cc2cc(CNS(=O)(=O)c3ccc4[nH]c(=O)[nH]c4c3)c(=O)[nH]c2cc1C. The number of rotatable bonds is 4. The number of sulfonamides is 1. The number of benzene rings is 2. The minimum atomic E-state index is -3.86. The van der Waals surface area contributed by atoms with E-state index in [2.05, 4.69) is 19.7 Å². The van der Waals surface area contributed by atoms with Crippen molar-refractivity contribution in [3.63, 3.8) is 0 Å². The third kappa shape index (κ3) is 3.25. The van der Waals surface area contributed by atoms with Crippen molar-refractivity contribution < 1.29 is 8.42 Å². The van der Waals surface area contributed by atoms with Crippen LogP contribution in [0.25, 0.3) is 21.9 Å². The normalized spacial score (nSPS) is 12.1. The minimum Gasteiger partial charge on any atom is -0.322 e. The van der Waals surface area contributed by atoms with Crippen LogP contribution in [0.5, 0.6) is 0 Å². The lowest BCUT2D eigenvalue weighted by Gasteiger charge is -2.09. The molecule has 0 saturated heterocycles. The highest BCUT2D eigenvalue weighted by molar-refractivity contribution is 7.89. The maximum absolute atomic E-state index is 12.6. The van der Waals surface area contributed by atoms with E-state index in [4.69, 9.17) is 0 Å². The Bertz CT molecular complexity index is 1440. The first-order chi connectivity index (χ1) is 13.2. The fraction of sp³-hybridized carbons (Fsp3) is 0.158. The van der Waals surface area contributed by atoms with Crippen LogP contribution in [-0.2, 0) is 16.6 Å². The summed E-state index contributed by atoms with van der Waals surface area (Å²) < 4.78 is 27.7. The Morgan fingerprint density at radius 1 is 0.857 bits per heavy atom. The highest BCUT2D eigenvalue weighted by Crippen LogP contribution is 2.18. The quantitative estimate of drug-likeness (QED) is 0.418. The lowest BCUT2D eigenvalue weighted by molar-refractivity contribution is 0.581. The Morgan fingerprint density at radius 3 is 2.36 bits per heavy atom. The summed E-state index contributed by atoms with van der Waals surface area (Å²) in [7, 11) is -3.86. The van der Waals surface area contributed by atoms with Crippen LogP contribution in [0.15, 0.2) is 50.9 Å². The molecule has 0 amide bonds. The Balaban J connectivity index is 1.65. The van der Waals surface area contributed by atoms with Crippen molar-refractivity contribution in [2.75, 3.05) is 0 Å². The van der Waals surface area contributed by atoms with Crippen LogP contribution < -0.4 is 16.0 Å². The predicted octanol–water partition coefficient (Wildman–Crippen LogP) is 1.79. The number of H-pyrrole nitrogens is 3. The molecule has 0 atom stereocenters. The molecule has 0 aliphatic carbocycles. The molecule has 0 spiro atoms. The number of aromatic amines is 3. The second-order valence-electron chi connectivity index (χ2n) is 6.76. The van der Waals surface area contributed by atoms with Crippen LogP contribution in [0.1, 0.15) is 16.7 Å². The second-order valence-corrected chi connectivity index (χ2v) is 8.53. The number of aryl methyl sites for hydroxylation is 2. The maximum atomic E-state index is 12.6. The van der Waals surface area contributed by atoms with Crippen LogP contribution in [0.3, 0.4) is 0 Å². The van der Waals surface area contributed by atoms with E-state index in [-0.39, 0.29) is 17.0 Å². The fourth-order valence-electron chi connectivity index (χ4n) is 3.09.